The highest BCUT2D eigenvalue weighted by atomic mass is 16.6. The predicted molar refractivity (Wildman–Crippen MR) is 203 cm³/mol. The number of non-ortho nitro benzene ring substituents is 1. The van der Waals surface area contributed by atoms with Crippen LogP contribution in [0.2, 0.25) is 0 Å². The molecule has 2 unspecified atom stereocenters. The zero-order valence-corrected chi connectivity index (χ0v) is 30.3. The third-order valence-corrected chi connectivity index (χ3v) is 11.5. The van der Waals surface area contributed by atoms with Crippen LogP contribution in [0, 0.1) is 26.9 Å². The summed E-state index contributed by atoms with van der Waals surface area (Å²) < 4.78 is 23.7. The minimum atomic E-state index is -0.416. The Labute approximate surface area is 309 Å². The van der Waals surface area contributed by atoms with Gasteiger partial charge in [-0.1, -0.05) is 38.1 Å². The van der Waals surface area contributed by atoms with E-state index < -0.39 is 4.92 Å². The Kier molecular flexibility index (Phi) is 8.72. The van der Waals surface area contributed by atoms with E-state index in [0.717, 1.165) is 28.4 Å². The predicted octanol–water partition coefficient (Wildman–Crippen LogP) is 11.5. The third kappa shape index (κ3) is 7.10. The smallest absolute Gasteiger partial charge is 0.337 e. The molecule has 0 aromatic heterocycles. The summed E-state index contributed by atoms with van der Waals surface area (Å²) in [5, 5.41) is 10.9. The quantitative estimate of drug-likeness (QED) is 0.0765. The van der Waals surface area contributed by atoms with Crippen LogP contribution in [-0.2, 0) is 16.8 Å². The molecule has 0 radical (unpaired) electrons. The molecule has 4 saturated carbocycles. The fourth-order valence-electron chi connectivity index (χ4n) is 10.2. The minimum Gasteiger partial charge on any atom is -0.489 e. The molecule has 8 heteroatoms. The van der Waals surface area contributed by atoms with Crippen molar-refractivity contribution < 1.29 is 28.7 Å². The Morgan fingerprint density at radius 3 is 1.87 bits per heavy atom. The number of nitro groups is 1. The number of hydrogen-bond acceptors (Lipinski definition) is 7. The van der Waals surface area contributed by atoms with E-state index in [9.17, 15) is 14.9 Å². The summed E-state index contributed by atoms with van der Waals surface area (Å²) in [5.41, 5.74) is 5.56. The van der Waals surface area contributed by atoms with Crippen LogP contribution in [0.3, 0.4) is 0 Å². The van der Waals surface area contributed by atoms with Gasteiger partial charge in [0.1, 0.15) is 35.4 Å². The van der Waals surface area contributed by atoms with Crippen molar-refractivity contribution in [3.8, 4) is 39.9 Å². The van der Waals surface area contributed by atoms with E-state index in [0.29, 0.717) is 46.0 Å². The summed E-state index contributed by atoms with van der Waals surface area (Å²) in [6.45, 7) is 5.30. The molecule has 0 heterocycles. The molecule has 4 aliphatic carbocycles. The van der Waals surface area contributed by atoms with Crippen molar-refractivity contribution in [3.05, 3.63) is 142 Å². The van der Waals surface area contributed by atoms with Gasteiger partial charge in [0.2, 0.25) is 0 Å². The van der Waals surface area contributed by atoms with Crippen molar-refractivity contribution in [1.82, 2.24) is 0 Å². The van der Waals surface area contributed by atoms with E-state index in [-0.39, 0.29) is 17.1 Å². The van der Waals surface area contributed by atoms with Crippen LogP contribution in [0.4, 0.5) is 5.69 Å². The van der Waals surface area contributed by atoms with Gasteiger partial charge in [-0.05, 0) is 151 Å². The van der Waals surface area contributed by atoms with Crippen molar-refractivity contribution >= 4 is 11.7 Å². The van der Waals surface area contributed by atoms with Crippen LogP contribution in [0.5, 0.6) is 28.7 Å². The Bertz CT molecular complexity index is 2120. The van der Waals surface area contributed by atoms with Gasteiger partial charge in [-0.15, -0.1) is 0 Å². The summed E-state index contributed by atoms with van der Waals surface area (Å²) in [7, 11) is 1.39. The first-order valence-corrected chi connectivity index (χ1v) is 18.2. The summed E-state index contributed by atoms with van der Waals surface area (Å²) in [6, 6.07) is 35.7. The van der Waals surface area contributed by atoms with Crippen molar-refractivity contribution in [3.63, 3.8) is 0 Å². The lowest BCUT2D eigenvalue weighted by Gasteiger charge is -2.65. The Balaban J connectivity index is 1.01. The molecule has 0 saturated heterocycles. The van der Waals surface area contributed by atoms with Gasteiger partial charge in [-0.2, -0.15) is 0 Å². The molecule has 0 N–H and O–H groups in total. The lowest BCUT2D eigenvalue weighted by atomic mass is 9.39. The Morgan fingerprint density at radius 1 is 0.698 bits per heavy atom. The molecule has 9 rings (SSSR count). The number of carbonyl (C=O) groups excluding carboxylic acids is 1. The molecule has 4 aliphatic rings. The lowest BCUT2D eigenvalue weighted by Crippen LogP contribution is -2.56. The summed E-state index contributed by atoms with van der Waals surface area (Å²) in [4.78, 5) is 22.6. The molecule has 270 valence electrons. The fourth-order valence-corrected chi connectivity index (χ4v) is 10.2. The summed E-state index contributed by atoms with van der Waals surface area (Å²) in [5.74, 6) is 3.99. The van der Waals surface area contributed by atoms with Gasteiger partial charge < -0.3 is 18.9 Å². The van der Waals surface area contributed by atoms with E-state index in [1.807, 2.05) is 48.5 Å². The van der Waals surface area contributed by atoms with Crippen molar-refractivity contribution in [2.75, 3.05) is 7.11 Å². The topological polar surface area (TPSA) is 97.1 Å². The monoisotopic (exact) mass is 709 g/mol. The molecule has 2 atom stereocenters. The van der Waals surface area contributed by atoms with Crippen molar-refractivity contribution in [1.29, 1.82) is 0 Å². The molecule has 5 aromatic rings. The lowest BCUT2D eigenvalue weighted by molar-refractivity contribution is -0.384. The maximum absolute atomic E-state index is 12.1. The number of esters is 1. The first-order chi connectivity index (χ1) is 25.5. The van der Waals surface area contributed by atoms with Crippen LogP contribution in [0.25, 0.3) is 11.1 Å². The number of nitro benzene ring substituents is 1. The van der Waals surface area contributed by atoms with Crippen molar-refractivity contribution in [2.45, 2.75) is 64.4 Å². The zero-order chi connectivity index (χ0) is 36.8. The number of benzene rings is 5. The van der Waals surface area contributed by atoms with Gasteiger partial charge in [-0.3, -0.25) is 10.1 Å². The highest BCUT2D eigenvalue weighted by Gasteiger charge is 2.61. The summed E-state index contributed by atoms with van der Waals surface area (Å²) >= 11 is 0. The molecule has 53 heavy (non-hydrogen) atoms. The summed E-state index contributed by atoms with van der Waals surface area (Å²) in [6.07, 6.45) is 7.52. The molecular weight excluding hydrogens is 666 g/mol. The Hall–Kier alpha value is -5.63. The molecule has 0 amide bonds. The van der Waals surface area contributed by atoms with E-state index in [2.05, 4.69) is 44.2 Å². The van der Waals surface area contributed by atoms with Crippen LogP contribution < -0.4 is 14.2 Å². The molecule has 0 aliphatic heterocycles. The molecule has 4 bridgehead atoms. The van der Waals surface area contributed by atoms with Crippen LogP contribution in [0.1, 0.15) is 73.9 Å². The average molecular weight is 710 g/mol. The maximum atomic E-state index is 12.1. The average Bonchev–Trinajstić information content (AvgIpc) is 3.13. The molecule has 4 fully saturated rings. The Morgan fingerprint density at radius 2 is 1.26 bits per heavy atom. The largest absolute Gasteiger partial charge is 0.489 e. The SMILES string of the molecule is COC(=O)c1ccc(Oc2cc(-c3ccc(Oc4ccc(OCc5ccc([N+](=O)[O-])cc5)cc4)cc3)ccc2C23CC4CC(C)(CC(C)(C4)C2)C3)cc1. The highest BCUT2D eigenvalue weighted by molar-refractivity contribution is 5.89. The third-order valence-electron chi connectivity index (χ3n) is 11.5. The van der Waals surface area contributed by atoms with E-state index >= 15 is 0 Å². The standard InChI is InChI=1S/C45H43NO7/c1-43-23-31-24-44(2,27-43)29-45(25-31,28-43)40-21-10-34(22-41(40)53-39-15-8-33(9-16-39)42(47)50-3)32-6-13-37(14-7-32)52-38-19-17-36(18-20-38)51-26-30-4-11-35(12-5-30)46(48)49/h4-22,31H,23-29H2,1-3H3. The number of nitrogens with zero attached hydrogens (tertiary/aromatic N) is 1. The zero-order valence-electron chi connectivity index (χ0n) is 30.3. The number of hydrogen-bond donors (Lipinski definition) is 0. The second-order valence-electron chi connectivity index (χ2n) is 16.0. The van der Waals surface area contributed by atoms with Crippen LogP contribution >= 0.6 is 0 Å². The van der Waals surface area contributed by atoms with Gasteiger partial charge >= 0.3 is 5.97 Å². The first-order valence-electron chi connectivity index (χ1n) is 18.2. The van der Waals surface area contributed by atoms with Crippen LogP contribution in [0.15, 0.2) is 115 Å². The molecule has 8 nitrogen and oxygen atoms in total. The fraction of sp³-hybridized carbons (Fsp3) is 0.311. The van der Waals surface area contributed by atoms with Crippen molar-refractivity contribution in [2.24, 2.45) is 16.7 Å². The van der Waals surface area contributed by atoms with E-state index in [1.165, 1.54) is 63.3 Å². The van der Waals surface area contributed by atoms with Gasteiger partial charge in [0.25, 0.3) is 5.69 Å². The first kappa shape index (κ1) is 34.5. The van der Waals surface area contributed by atoms with Gasteiger partial charge in [-0.25, -0.2) is 4.79 Å². The number of rotatable bonds is 11. The molecule has 5 aromatic carbocycles. The van der Waals surface area contributed by atoms with Gasteiger partial charge in [0, 0.05) is 23.1 Å². The van der Waals surface area contributed by atoms with Crippen LogP contribution in [-0.4, -0.2) is 18.0 Å². The molecule has 0 spiro atoms. The highest BCUT2D eigenvalue weighted by Crippen LogP contribution is 2.70. The van der Waals surface area contributed by atoms with E-state index in [1.54, 1.807) is 24.3 Å². The number of methoxy groups -OCH3 is 1. The second-order valence-corrected chi connectivity index (χ2v) is 16.0. The second kappa shape index (κ2) is 13.4. The number of carbonyl (C=O) groups is 1. The minimum absolute atomic E-state index is 0.0530. The van der Waals surface area contributed by atoms with E-state index in [4.69, 9.17) is 18.9 Å². The normalized spacial score (nSPS) is 24.0. The molecular formula is C45H43NO7. The maximum Gasteiger partial charge on any atom is 0.337 e. The van der Waals surface area contributed by atoms with Gasteiger partial charge in [0.15, 0.2) is 0 Å². The number of ether oxygens (including phenoxy) is 4. The van der Waals surface area contributed by atoms with Gasteiger partial charge in [0.05, 0.1) is 17.6 Å².